The molecule has 0 aliphatic carbocycles. The van der Waals surface area contributed by atoms with Crippen molar-refractivity contribution in [1.29, 1.82) is 0 Å². The number of carbonyl (C=O) groups is 1. The number of hydrogen-bond acceptors (Lipinski definition) is 1. The summed E-state index contributed by atoms with van der Waals surface area (Å²) in [5, 5.41) is 9.24. The van der Waals surface area contributed by atoms with Crippen LogP contribution in [0, 0.1) is 5.41 Å². The Balaban J connectivity index is 3.26. The summed E-state index contributed by atoms with van der Waals surface area (Å²) in [5.74, 6) is -0.630. The molecule has 2 heteroatoms. The van der Waals surface area contributed by atoms with Gasteiger partial charge in [0.25, 0.3) is 0 Å². The van der Waals surface area contributed by atoms with Crippen molar-refractivity contribution in [3.63, 3.8) is 0 Å². The van der Waals surface area contributed by atoms with Crippen LogP contribution in [0.3, 0.4) is 0 Å². The number of hydrogen-bond donors (Lipinski definition) is 1. The lowest BCUT2D eigenvalue weighted by molar-refractivity contribution is -0.148. The first-order chi connectivity index (χ1) is 11.1. The SMILES string of the molecule is CCCCCCCCCCCCCCCCC(C)(CC)C(=O)O. The Morgan fingerprint density at radius 3 is 1.35 bits per heavy atom. The van der Waals surface area contributed by atoms with Crippen LogP contribution in [0.15, 0.2) is 0 Å². The highest BCUT2D eigenvalue weighted by Crippen LogP contribution is 2.28. The van der Waals surface area contributed by atoms with E-state index in [1.807, 2.05) is 13.8 Å². The van der Waals surface area contributed by atoms with E-state index >= 15 is 0 Å². The van der Waals surface area contributed by atoms with Crippen molar-refractivity contribution >= 4 is 5.97 Å². The van der Waals surface area contributed by atoms with Crippen LogP contribution in [0.25, 0.3) is 0 Å². The number of aliphatic carboxylic acids is 1. The van der Waals surface area contributed by atoms with Gasteiger partial charge in [-0.05, 0) is 19.8 Å². The third-order valence-electron chi connectivity index (χ3n) is 5.38. The molecular formula is C21H42O2. The van der Waals surface area contributed by atoms with E-state index in [4.69, 9.17) is 0 Å². The molecule has 0 heterocycles. The van der Waals surface area contributed by atoms with Crippen LogP contribution >= 0.6 is 0 Å². The highest BCUT2D eigenvalue weighted by Gasteiger charge is 2.29. The van der Waals surface area contributed by atoms with Crippen molar-refractivity contribution in [2.24, 2.45) is 5.41 Å². The summed E-state index contributed by atoms with van der Waals surface area (Å²) in [6, 6.07) is 0. The van der Waals surface area contributed by atoms with Gasteiger partial charge in [0, 0.05) is 0 Å². The lowest BCUT2D eigenvalue weighted by Crippen LogP contribution is -2.26. The van der Waals surface area contributed by atoms with E-state index in [0.717, 1.165) is 19.3 Å². The Labute approximate surface area is 145 Å². The molecule has 1 unspecified atom stereocenters. The minimum absolute atomic E-state index is 0.503. The molecule has 23 heavy (non-hydrogen) atoms. The molecule has 0 saturated heterocycles. The van der Waals surface area contributed by atoms with E-state index in [1.165, 1.54) is 83.5 Å². The van der Waals surface area contributed by atoms with E-state index in [-0.39, 0.29) is 0 Å². The second kappa shape index (κ2) is 15.0. The van der Waals surface area contributed by atoms with Crippen LogP contribution in [-0.2, 0) is 4.79 Å². The molecule has 138 valence electrons. The molecular weight excluding hydrogens is 284 g/mol. The normalized spacial score (nSPS) is 13.9. The molecule has 0 spiro atoms. The van der Waals surface area contributed by atoms with Crippen molar-refractivity contribution < 1.29 is 9.90 Å². The smallest absolute Gasteiger partial charge is 0.309 e. The van der Waals surface area contributed by atoms with Crippen LogP contribution in [0.2, 0.25) is 0 Å². The van der Waals surface area contributed by atoms with Gasteiger partial charge in [-0.15, -0.1) is 0 Å². The third kappa shape index (κ3) is 12.5. The average Bonchev–Trinajstić information content (AvgIpc) is 2.54. The maximum Gasteiger partial charge on any atom is 0.309 e. The molecule has 0 aromatic rings. The molecule has 1 atom stereocenters. The van der Waals surface area contributed by atoms with Gasteiger partial charge in [-0.3, -0.25) is 4.79 Å². The minimum atomic E-state index is -0.630. The summed E-state index contributed by atoms with van der Waals surface area (Å²) in [5.41, 5.74) is -0.503. The fraction of sp³-hybridized carbons (Fsp3) is 0.952. The molecule has 0 rings (SSSR count). The van der Waals surface area contributed by atoms with Gasteiger partial charge in [0.1, 0.15) is 0 Å². The Kier molecular flexibility index (Phi) is 14.7. The van der Waals surface area contributed by atoms with E-state index in [2.05, 4.69) is 6.92 Å². The fourth-order valence-corrected chi connectivity index (χ4v) is 3.14. The van der Waals surface area contributed by atoms with Gasteiger partial charge >= 0.3 is 5.97 Å². The first kappa shape index (κ1) is 22.5. The second-order valence-electron chi connectivity index (χ2n) is 7.57. The molecule has 0 saturated carbocycles. The van der Waals surface area contributed by atoms with E-state index < -0.39 is 11.4 Å². The predicted octanol–water partition coefficient (Wildman–Crippen LogP) is 7.36. The van der Waals surface area contributed by atoms with Crippen molar-refractivity contribution in [2.75, 3.05) is 0 Å². The lowest BCUT2D eigenvalue weighted by atomic mass is 9.82. The maximum atomic E-state index is 11.2. The number of carboxylic acids is 1. The maximum absolute atomic E-state index is 11.2. The predicted molar refractivity (Wildman–Crippen MR) is 101 cm³/mol. The van der Waals surface area contributed by atoms with Gasteiger partial charge in [-0.25, -0.2) is 0 Å². The highest BCUT2D eigenvalue weighted by molar-refractivity contribution is 5.73. The van der Waals surface area contributed by atoms with Gasteiger partial charge in [0.05, 0.1) is 5.41 Å². The van der Waals surface area contributed by atoms with Crippen molar-refractivity contribution in [2.45, 2.75) is 124 Å². The first-order valence-electron chi connectivity index (χ1n) is 10.3. The van der Waals surface area contributed by atoms with Crippen LogP contribution in [0.1, 0.15) is 124 Å². The molecule has 0 aromatic carbocycles. The Hall–Kier alpha value is -0.530. The molecule has 0 bridgehead atoms. The molecule has 0 fully saturated rings. The lowest BCUT2D eigenvalue weighted by Gasteiger charge is -2.22. The number of unbranched alkanes of at least 4 members (excludes halogenated alkanes) is 13. The quantitative estimate of drug-likeness (QED) is 0.283. The standard InChI is InChI=1S/C21H42O2/c1-4-6-7-8-9-10-11-12-13-14-15-16-17-18-19-21(3,5-2)20(22)23/h4-19H2,1-3H3,(H,22,23). The first-order valence-corrected chi connectivity index (χ1v) is 10.3. The molecule has 1 N–H and O–H groups in total. The fourth-order valence-electron chi connectivity index (χ4n) is 3.14. The van der Waals surface area contributed by atoms with Gasteiger partial charge < -0.3 is 5.11 Å². The zero-order chi connectivity index (χ0) is 17.4. The summed E-state index contributed by atoms with van der Waals surface area (Å²) < 4.78 is 0. The zero-order valence-corrected chi connectivity index (χ0v) is 16.2. The topological polar surface area (TPSA) is 37.3 Å². The minimum Gasteiger partial charge on any atom is -0.481 e. The van der Waals surface area contributed by atoms with Crippen LogP contribution in [0.4, 0.5) is 0 Å². The van der Waals surface area contributed by atoms with Gasteiger partial charge in [-0.2, -0.15) is 0 Å². The Morgan fingerprint density at radius 1 is 0.696 bits per heavy atom. The molecule has 0 radical (unpaired) electrons. The third-order valence-corrected chi connectivity index (χ3v) is 5.38. The van der Waals surface area contributed by atoms with Crippen LogP contribution in [0.5, 0.6) is 0 Å². The van der Waals surface area contributed by atoms with E-state index in [1.54, 1.807) is 0 Å². The van der Waals surface area contributed by atoms with Crippen molar-refractivity contribution in [1.82, 2.24) is 0 Å². The second-order valence-corrected chi connectivity index (χ2v) is 7.57. The highest BCUT2D eigenvalue weighted by atomic mass is 16.4. The van der Waals surface area contributed by atoms with Gasteiger partial charge in [-0.1, -0.05) is 104 Å². The van der Waals surface area contributed by atoms with Crippen molar-refractivity contribution in [3.05, 3.63) is 0 Å². The number of carboxylic acid groups (broad SMARTS) is 1. The summed E-state index contributed by atoms with van der Waals surface area (Å²) in [6.45, 7) is 6.14. The summed E-state index contributed by atoms with van der Waals surface area (Å²) >= 11 is 0. The van der Waals surface area contributed by atoms with Crippen molar-refractivity contribution in [3.8, 4) is 0 Å². The van der Waals surface area contributed by atoms with E-state index in [0.29, 0.717) is 0 Å². The number of rotatable bonds is 17. The summed E-state index contributed by atoms with van der Waals surface area (Å²) in [4.78, 5) is 11.2. The van der Waals surface area contributed by atoms with Gasteiger partial charge in [0.2, 0.25) is 0 Å². The summed E-state index contributed by atoms with van der Waals surface area (Å²) in [6.07, 6.45) is 20.5. The monoisotopic (exact) mass is 326 g/mol. The molecule has 0 amide bonds. The molecule has 2 nitrogen and oxygen atoms in total. The van der Waals surface area contributed by atoms with E-state index in [9.17, 15) is 9.90 Å². The van der Waals surface area contributed by atoms with Crippen LogP contribution < -0.4 is 0 Å². The molecule has 0 aliphatic rings. The zero-order valence-electron chi connectivity index (χ0n) is 16.2. The Bertz CT molecular complexity index is 275. The van der Waals surface area contributed by atoms with Crippen LogP contribution in [-0.4, -0.2) is 11.1 Å². The molecule has 0 aromatic heterocycles. The Morgan fingerprint density at radius 2 is 1.04 bits per heavy atom. The average molecular weight is 327 g/mol. The van der Waals surface area contributed by atoms with Gasteiger partial charge in [0.15, 0.2) is 0 Å². The largest absolute Gasteiger partial charge is 0.481 e. The molecule has 0 aliphatic heterocycles. The summed E-state index contributed by atoms with van der Waals surface area (Å²) in [7, 11) is 0.